The fourth-order valence-electron chi connectivity index (χ4n) is 2.77. The molecule has 1 saturated heterocycles. The maximum Gasteiger partial charge on any atom is 0.393 e. The standard InChI is InChI=1S/C12H15F3N2O4S/c13-12(14,15)9-6-17(5-8(9)10(18)19)22(20,21)7-11(1-2-11)3-4-16/h8-9H,1-3,5-7H2,(H,18,19)/t8-,9-/m1/s1. The maximum absolute atomic E-state index is 12.9. The number of carboxylic acids is 1. The molecule has 0 radical (unpaired) electrons. The highest BCUT2D eigenvalue weighted by molar-refractivity contribution is 7.89. The average molecular weight is 340 g/mol. The molecule has 0 unspecified atom stereocenters. The molecule has 1 saturated carbocycles. The van der Waals surface area contributed by atoms with Crippen LogP contribution in [0.25, 0.3) is 0 Å². The molecule has 2 atom stereocenters. The molecule has 0 aromatic rings. The Morgan fingerprint density at radius 3 is 2.32 bits per heavy atom. The lowest BCUT2D eigenvalue weighted by molar-refractivity contribution is -0.187. The third-order valence-corrected chi connectivity index (χ3v) is 6.38. The summed E-state index contributed by atoms with van der Waals surface area (Å²) in [5, 5.41) is 17.6. The van der Waals surface area contributed by atoms with Gasteiger partial charge in [-0.3, -0.25) is 4.79 Å². The van der Waals surface area contributed by atoms with E-state index in [9.17, 15) is 26.4 Å². The highest BCUT2D eigenvalue weighted by atomic mass is 32.2. The molecule has 0 aromatic heterocycles. The van der Waals surface area contributed by atoms with Gasteiger partial charge in [-0.1, -0.05) is 0 Å². The number of hydrogen-bond donors (Lipinski definition) is 1. The summed E-state index contributed by atoms with van der Waals surface area (Å²) in [6, 6.07) is 1.89. The average Bonchev–Trinajstić information content (AvgIpc) is 2.92. The lowest BCUT2D eigenvalue weighted by Gasteiger charge is -2.20. The van der Waals surface area contributed by atoms with Crippen LogP contribution in [-0.4, -0.2) is 48.8 Å². The monoisotopic (exact) mass is 340 g/mol. The van der Waals surface area contributed by atoms with Crippen LogP contribution >= 0.6 is 0 Å². The van der Waals surface area contributed by atoms with Gasteiger partial charge < -0.3 is 5.11 Å². The summed E-state index contributed by atoms with van der Waals surface area (Å²) in [7, 11) is -4.02. The Hall–Kier alpha value is -1.34. The van der Waals surface area contributed by atoms with Gasteiger partial charge in [-0.25, -0.2) is 12.7 Å². The molecule has 0 spiro atoms. The van der Waals surface area contributed by atoms with Crippen LogP contribution in [0.2, 0.25) is 0 Å². The largest absolute Gasteiger partial charge is 0.481 e. The second-order valence-electron chi connectivity index (χ2n) is 6.00. The van der Waals surface area contributed by atoms with Crippen molar-refractivity contribution in [1.82, 2.24) is 4.31 Å². The molecule has 1 aliphatic heterocycles. The van der Waals surface area contributed by atoms with Gasteiger partial charge in [0.05, 0.1) is 23.7 Å². The minimum Gasteiger partial charge on any atom is -0.481 e. The molecule has 22 heavy (non-hydrogen) atoms. The second kappa shape index (κ2) is 5.38. The van der Waals surface area contributed by atoms with E-state index < -0.39 is 58.3 Å². The number of halogens is 3. The Balaban J connectivity index is 2.16. The fraction of sp³-hybridized carbons (Fsp3) is 0.833. The number of aliphatic carboxylic acids is 1. The van der Waals surface area contributed by atoms with Gasteiger partial charge in [-0.05, 0) is 18.3 Å². The zero-order valence-corrected chi connectivity index (χ0v) is 12.3. The number of nitrogens with zero attached hydrogens (tertiary/aromatic N) is 2. The molecule has 2 aliphatic rings. The maximum atomic E-state index is 12.9. The van der Waals surface area contributed by atoms with Crippen molar-refractivity contribution in [2.75, 3.05) is 18.8 Å². The van der Waals surface area contributed by atoms with Crippen molar-refractivity contribution in [3.8, 4) is 6.07 Å². The van der Waals surface area contributed by atoms with E-state index in [4.69, 9.17) is 10.4 Å². The highest BCUT2D eigenvalue weighted by Crippen LogP contribution is 2.50. The van der Waals surface area contributed by atoms with Crippen LogP contribution in [0.1, 0.15) is 19.3 Å². The van der Waals surface area contributed by atoms with Gasteiger partial charge in [0.15, 0.2) is 0 Å². The van der Waals surface area contributed by atoms with E-state index in [2.05, 4.69) is 0 Å². The van der Waals surface area contributed by atoms with Crippen LogP contribution in [0.5, 0.6) is 0 Å². The van der Waals surface area contributed by atoms with Crippen molar-refractivity contribution in [2.24, 2.45) is 17.3 Å². The topological polar surface area (TPSA) is 98.5 Å². The predicted molar refractivity (Wildman–Crippen MR) is 67.9 cm³/mol. The van der Waals surface area contributed by atoms with Crippen LogP contribution in [0.4, 0.5) is 13.2 Å². The Labute approximate surface area is 125 Å². The minimum absolute atomic E-state index is 0.0329. The number of carboxylic acid groups (broad SMARTS) is 1. The van der Waals surface area contributed by atoms with E-state index in [0.29, 0.717) is 17.1 Å². The summed E-state index contributed by atoms with van der Waals surface area (Å²) in [6.45, 7) is -1.55. The van der Waals surface area contributed by atoms with Gasteiger partial charge in [-0.2, -0.15) is 18.4 Å². The molecule has 6 nitrogen and oxygen atoms in total. The summed E-state index contributed by atoms with van der Waals surface area (Å²) in [5.41, 5.74) is -0.678. The molecular weight excluding hydrogens is 325 g/mol. The van der Waals surface area contributed by atoms with Gasteiger partial charge in [0, 0.05) is 19.5 Å². The van der Waals surface area contributed by atoms with Crippen LogP contribution in [0.15, 0.2) is 0 Å². The molecule has 0 amide bonds. The molecule has 1 heterocycles. The molecule has 124 valence electrons. The summed E-state index contributed by atoms with van der Waals surface area (Å²) in [4.78, 5) is 11.0. The first-order valence-corrected chi connectivity index (χ1v) is 8.26. The van der Waals surface area contributed by atoms with Crippen LogP contribution < -0.4 is 0 Å². The van der Waals surface area contributed by atoms with E-state index in [1.807, 2.05) is 6.07 Å². The Kier molecular flexibility index (Phi) is 4.16. The summed E-state index contributed by atoms with van der Waals surface area (Å²) in [6.07, 6.45) is -3.65. The normalized spacial score (nSPS) is 28.3. The number of nitriles is 1. The third kappa shape index (κ3) is 3.35. The Morgan fingerprint density at radius 1 is 1.36 bits per heavy atom. The number of hydrogen-bond acceptors (Lipinski definition) is 4. The quantitative estimate of drug-likeness (QED) is 0.811. The summed E-state index contributed by atoms with van der Waals surface area (Å²) in [5.74, 6) is -6.05. The number of alkyl halides is 3. The Morgan fingerprint density at radius 2 is 1.95 bits per heavy atom. The van der Waals surface area contributed by atoms with Crippen molar-refractivity contribution < 1.29 is 31.5 Å². The van der Waals surface area contributed by atoms with Crippen molar-refractivity contribution in [2.45, 2.75) is 25.4 Å². The second-order valence-corrected chi connectivity index (χ2v) is 7.97. The molecule has 1 N–H and O–H groups in total. The van der Waals surface area contributed by atoms with Gasteiger partial charge in [0.25, 0.3) is 0 Å². The molecule has 0 aromatic carbocycles. The summed E-state index contributed by atoms with van der Waals surface area (Å²) < 4.78 is 63.8. The van der Waals surface area contributed by atoms with E-state index in [1.165, 1.54) is 0 Å². The molecule has 1 aliphatic carbocycles. The van der Waals surface area contributed by atoms with Crippen LogP contribution in [0.3, 0.4) is 0 Å². The number of rotatable bonds is 5. The van der Waals surface area contributed by atoms with E-state index in [-0.39, 0.29) is 6.42 Å². The first-order valence-electron chi connectivity index (χ1n) is 6.65. The van der Waals surface area contributed by atoms with Gasteiger partial charge in [-0.15, -0.1) is 0 Å². The van der Waals surface area contributed by atoms with E-state index >= 15 is 0 Å². The molecule has 10 heteroatoms. The first-order chi connectivity index (χ1) is 10.0. The molecule has 2 rings (SSSR count). The third-order valence-electron chi connectivity index (χ3n) is 4.32. The van der Waals surface area contributed by atoms with E-state index in [1.54, 1.807) is 0 Å². The van der Waals surface area contributed by atoms with E-state index in [0.717, 1.165) is 0 Å². The highest BCUT2D eigenvalue weighted by Gasteiger charge is 2.56. The fourth-order valence-corrected chi connectivity index (χ4v) is 4.89. The van der Waals surface area contributed by atoms with Gasteiger partial charge in [0.2, 0.25) is 10.0 Å². The van der Waals surface area contributed by atoms with Crippen molar-refractivity contribution in [3.05, 3.63) is 0 Å². The van der Waals surface area contributed by atoms with Crippen molar-refractivity contribution in [3.63, 3.8) is 0 Å². The predicted octanol–water partition coefficient (Wildman–Crippen LogP) is 1.20. The smallest absolute Gasteiger partial charge is 0.393 e. The van der Waals surface area contributed by atoms with Gasteiger partial charge >= 0.3 is 12.1 Å². The lowest BCUT2D eigenvalue weighted by Crippen LogP contribution is -2.36. The Bertz CT molecular complexity index is 607. The summed E-state index contributed by atoms with van der Waals surface area (Å²) >= 11 is 0. The molecule has 0 bridgehead atoms. The molecular formula is C12H15F3N2O4S. The lowest BCUT2D eigenvalue weighted by atomic mass is 9.96. The zero-order chi connectivity index (χ0) is 16.8. The first kappa shape index (κ1) is 17.0. The minimum atomic E-state index is -4.77. The number of sulfonamides is 1. The van der Waals surface area contributed by atoms with Crippen LogP contribution in [-0.2, 0) is 14.8 Å². The SMILES string of the molecule is N#CCC1(CS(=O)(=O)N2C[C@@H](C(F)(F)F)[C@H](C(=O)O)C2)CC1. The zero-order valence-electron chi connectivity index (χ0n) is 11.5. The molecule has 2 fully saturated rings. The van der Waals surface area contributed by atoms with Crippen molar-refractivity contribution >= 4 is 16.0 Å². The number of carbonyl (C=O) groups is 1. The van der Waals surface area contributed by atoms with Crippen LogP contribution in [0, 0.1) is 28.6 Å². The van der Waals surface area contributed by atoms with Gasteiger partial charge in [0.1, 0.15) is 0 Å². The van der Waals surface area contributed by atoms with Crippen molar-refractivity contribution in [1.29, 1.82) is 5.26 Å².